The summed E-state index contributed by atoms with van der Waals surface area (Å²) in [6.45, 7) is 0.0966. The molecule has 2 aliphatic rings. The summed E-state index contributed by atoms with van der Waals surface area (Å²) in [5.74, 6) is 0.326. The van der Waals surface area contributed by atoms with Gasteiger partial charge in [0.05, 0.1) is 37.5 Å². The molecular weight excluding hydrogens is 572 g/mol. The lowest BCUT2D eigenvalue weighted by Crippen LogP contribution is -2.42. The molecule has 2 saturated heterocycles. The third-order valence-electron chi connectivity index (χ3n) is 7.23. The first-order valence-corrected chi connectivity index (χ1v) is 15.2. The fraction of sp³-hybridized carbons (Fsp3) is 0.344. The number of imide groups is 1. The molecule has 43 heavy (non-hydrogen) atoms. The maximum atomic E-state index is 13.1. The van der Waals surface area contributed by atoms with Gasteiger partial charge in [0.15, 0.2) is 6.29 Å². The van der Waals surface area contributed by atoms with Crippen molar-refractivity contribution in [1.29, 1.82) is 0 Å². The first-order valence-electron chi connectivity index (χ1n) is 14.1. The molecular formula is C32H34N2O8S. The molecule has 0 radical (unpaired) electrons. The van der Waals surface area contributed by atoms with Crippen LogP contribution in [0.5, 0.6) is 0 Å². The molecule has 0 spiro atoms. The van der Waals surface area contributed by atoms with Gasteiger partial charge in [0.1, 0.15) is 12.6 Å². The number of aliphatic hydroxyl groups is 2. The number of anilines is 1. The lowest BCUT2D eigenvalue weighted by atomic mass is 10.0. The molecule has 226 valence electrons. The third kappa shape index (κ3) is 7.81. The van der Waals surface area contributed by atoms with Gasteiger partial charge < -0.3 is 29.7 Å². The summed E-state index contributed by atoms with van der Waals surface area (Å²) in [6, 6.07) is 22.6. The molecule has 3 amide bonds. The number of carbonyl (C=O) groups is 3. The zero-order valence-corrected chi connectivity index (χ0v) is 24.3. The van der Waals surface area contributed by atoms with Crippen molar-refractivity contribution in [2.45, 2.75) is 50.6 Å². The molecule has 10 nitrogen and oxygen atoms in total. The van der Waals surface area contributed by atoms with Crippen LogP contribution in [-0.4, -0.2) is 58.4 Å². The van der Waals surface area contributed by atoms with Gasteiger partial charge >= 0.3 is 6.09 Å². The minimum atomic E-state index is -1.02. The molecule has 3 aromatic carbocycles. The van der Waals surface area contributed by atoms with Crippen molar-refractivity contribution >= 4 is 35.4 Å². The molecule has 2 fully saturated rings. The molecule has 4 atom stereocenters. The lowest BCUT2D eigenvalue weighted by molar-refractivity contribution is -0.245. The van der Waals surface area contributed by atoms with E-state index in [1.54, 1.807) is 36.0 Å². The summed E-state index contributed by atoms with van der Waals surface area (Å²) in [5.41, 5.74) is 3.68. The van der Waals surface area contributed by atoms with Crippen LogP contribution in [0.15, 0.2) is 78.9 Å². The molecule has 5 rings (SSSR count). The average Bonchev–Trinajstić information content (AvgIpc) is 3.32. The van der Waals surface area contributed by atoms with Crippen LogP contribution in [0.2, 0.25) is 0 Å². The van der Waals surface area contributed by atoms with Crippen LogP contribution in [0.4, 0.5) is 10.5 Å². The van der Waals surface area contributed by atoms with E-state index in [0.717, 1.165) is 27.2 Å². The Morgan fingerprint density at radius 1 is 0.930 bits per heavy atom. The molecule has 0 saturated carbocycles. The SMILES string of the molecule is O=C(NC1CC(=O)N(c2ccc(C3OC(CSCCO)CC(c4ccc(CO)cc4)O3)cc2)C1=O)OCc1ccccc1. The van der Waals surface area contributed by atoms with E-state index in [2.05, 4.69) is 5.32 Å². The van der Waals surface area contributed by atoms with E-state index < -0.39 is 30.2 Å². The molecule has 11 heteroatoms. The quantitative estimate of drug-likeness (QED) is 0.219. The first-order chi connectivity index (χ1) is 20.9. The van der Waals surface area contributed by atoms with Gasteiger partial charge in [-0.25, -0.2) is 9.69 Å². The Bertz CT molecular complexity index is 1390. The number of alkyl carbamates (subject to hydrolysis) is 1. The molecule has 3 N–H and O–H groups in total. The summed E-state index contributed by atoms with van der Waals surface area (Å²) < 4.78 is 17.8. The highest BCUT2D eigenvalue weighted by molar-refractivity contribution is 7.99. The smallest absolute Gasteiger partial charge is 0.408 e. The molecule has 0 bridgehead atoms. The van der Waals surface area contributed by atoms with Crippen molar-refractivity contribution < 1.29 is 38.8 Å². The van der Waals surface area contributed by atoms with Crippen molar-refractivity contribution in [3.05, 3.63) is 101 Å². The van der Waals surface area contributed by atoms with Crippen LogP contribution in [0.1, 0.15) is 47.5 Å². The second-order valence-corrected chi connectivity index (χ2v) is 11.4. The van der Waals surface area contributed by atoms with Crippen molar-refractivity contribution in [3.8, 4) is 0 Å². The van der Waals surface area contributed by atoms with Crippen molar-refractivity contribution in [2.75, 3.05) is 23.0 Å². The lowest BCUT2D eigenvalue weighted by Gasteiger charge is -2.36. The maximum Gasteiger partial charge on any atom is 0.408 e. The summed E-state index contributed by atoms with van der Waals surface area (Å²) in [7, 11) is 0. The predicted octanol–water partition coefficient (Wildman–Crippen LogP) is 4.01. The molecule has 3 aromatic rings. The van der Waals surface area contributed by atoms with Gasteiger partial charge in [0, 0.05) is 23.5 Å². The monoisotopic (exact) mass is 606 g/mol. The van der Waals surface area contributed by atoms with Gasteiger partial charge in [-0.2, -0.15) is 11.8 Å². The average molecular weight is 607 g/mol. The van der Waals surface area contributed by atoms with Gasteiger partial charge in [0.2, 0.25) is 5.91 Å². The van der Waals surface area contributed by atoms with E-state index in [0.29, 0.717) is 23.6 Å². The fourth-order valence-corrected chi connectivity index (χ4v) is 5.78. The number of amides is 3. The maximum absolute atomic E-state index is 13.1. The van der Waals surface area contributed by atoms with E-state index in [9.17, 15) is 24.6 Å². The number of ether oxygens (including phenoxy) is 3. The zero-order valence-electron chi connectivity index (χ0n) is 23.5. The number of benzene rings is 3. The number of nitrogens with zero attached hydrogens (tertiary/aromatic N) is 1. The molecule has 4 unspecified atom stereocenters. The Balaban J connectivity index is 1.24. The summed E-state index contributed by atoms with van der Waals surface area (Å²) >= 11 is 1.60. The fourth-order valence-electron chi connectivity index (χ4n) is 5.01. The van der Waals surface area contributed by atoms with Crippen LogP contribution < -0.4 is 10.2 Å². The number of nitrogens with one attached hydrogen (secondary N) is 1. The minimum absolute atomic E-state index is 0.0402. The number of rotatable bonds is 11. The highest BCUT2D eigenvalue weighted by Crippen LogP contribution is 2.39. The molecule has 0 aromatic heterocycles. The Labute approximate surface area is 253 Å². The Morgan fingerprint density at radius 2 is 1.65 bits per heavy atom. The van der Waals surface area contributed by atoms with E-state index in [1.807, 2.05) is 54.6 Å². The topological polar surface area (TPSA) is 135 Å². The Morgan fingerprint density at radius 3 is 2.35 bits per heavy atom. The van der Waals surface area contributed by atoms with Crippen LogP contribution in [-0.2, 0) is 37.0 Å². The molecule has 0 aliphatic carbocycles. The van der Waals surface area contributed by atoms with Gasteiger partial charge in [-0.15, -0.1) is 0 Å². The second kappa shape index (κ2) is 14.6. The number of hydrogen-bond donors (Lipinski definition) is 3. The van der Waals surface area contributed by atoms with Crippen LogP contribution in [0.3, 0.4) is 0 Å². The highest BCUT2D eigenvalue weighted by atomic mass is 32.2. The largest absolute Gasteiger partial charge is 0.445 e. The van der Waals surface area contributed by atoms with Crippen LogP contribution in [0, 0.1) is 0 Å². The van der Waals surface area contributed by atoms with Crippen molar-refractivity contribution in [3.63, 3.8) is 0 Å². The normalized spacial score (nSPS) is 22.0. The van der Waals surface area contributed by atoms with Crippen LogP contribution in [0.25, 0.3) is 0 Å². The first kappa shape index (κ1) is 30.7. The van der Waals surface area contributed by atoms with E-state index >= 15 is 0 Å². The number of aliphatic hydroxyl groups excluding tert-OH is 2. The standard InChI is InChI=1S/C32H34N2O8S/c35-14-15-43-20-26-16-28(23-8-6-21(18-36)7-9-23)42-31(41-26)24-10-12-25(13-11-24)34-29(37)17-27(30(34)38)33-32(39)40-19-22-4-2-1-3-5-22/h1-13,26-28,31,35-36H,14-20H2,(H,33,39). The molecule has 2 aliphatic heterocycles. The Kier molecular flexibility index (Phi) is 10.4. The zero-order chi connectivity index (χ0) is 30.2. The van der Waals surface area contributed by atoms with E-state index in [-0.39, 0.29) is 38.4 Å². The number of hydrogen-bond acceptors (Lipinski definition) is 9. The van der Waals surface area contributed by atoms with Crippen molar-refractivity contribution in [1.82, 2.24) is 5.32 Å². The predicted molar refractivity (Wildman–Crippen MR) is 160 cm³/mol. The third-order valence-corrected chi connectivity index (χ3v) is 8.31. The second-order valence-electron chi connectivity index (χ2n) is 10.3. The summed E-state index contributed by atoms with van der Waals surface area (Å²) in [5, 5.41) is 21.1. The Hall–Kier alpha value is -3.74. The summed E-state index contributed by atoms with van der Waals surface area (Å²) in [6.07, 6.45) is -1.38. The highest BCUT2D eigenvalue weighted by Gasteiger charge is 2.41. The van der Waals surface area contributed by atoms with Crippen molar-refractivity contribution in [2.24, 2.45) is 0 Å². The summed E-state index contributed by atoms with van der Waals surface area (Å²) in [4.78, 5) is 39.2. The molecule has 2 heterocycles. The minimum Gasteiger partial charge on any atom is -0.445 e. The van der Waals surface area contributed by atoms with Gasteiger partial charge in [0.25, 0.3) is 5.91 Å². The van der Waals surface area contributed by atoms with Gasteiger partial charge in [-0.05, 0) is 28.8 Å². The number of carbonyl (C=O) groups excluding carboxylic acids is 3. The number of thioether (sulfide) groups is 1. The van der Waals surface area contributed by atoms with E-state index in [4.69, 9.17) is 14.2 Å². The van der Waals surface area contributed by atoms with Gasteiger partial charge in [-0.1, -0.05) is 66.7 Å². The van der Waals surface area contributed by atoms with Gasteiger partial charge in [-0.3, -0.25) is 9.59 Å². The van der Waals surface area contributed by atoms with E-state index in [1.165, 1.54) is 0 Å². The van der Waals surface area contributed by atoms with Crippen LogP contribution >= 0.6 is 11.8 Å².